The second kappa shape index (κ2) is 6.49. The molecule has 1 atom stereocenters. The SMILES string of the molecule is CCNCC(C)S(=O)(=O)Nc1ccc(Br)cc1F. The summed E-state index contributed by atoms with van der Waals surface area (Å²) in [5.74, 6) is -0.608. The monoisotopic (exact) mass is 338 g/mol. The summed E-state index contributed by atoms with van der Waals surface area (Å²) in [5, 5.41) is 2.30. The fraction of sp³-hybridized carbons (Fsp3) is 0.455. The van der Waals surface area contributed by atoms with Gasteiger partial charge in [0.15, 0.2) is 0 Å². The summed E-state index contributed by atoms with van der Waals surface area (Å²) < 4.78 is 40.2. The number of nitrogens with one attached hydrogen (secondary N) is 2. The number of benzene rings is 1. The highest BCUT2D eigenvalue weighted by atomic mass is 79.9. The zero-order valence-corrected chi connectivity index (χ0v) is 12.6. The van der Waals surface area contributed by atoms with E-state index in [0.29, 0.717) is 17.6 Å². The van der Waals surface area contributed by atoms with E-state index in [1.54, 1.807) is 13.0 Å². The standard InChI is InChI=1S/C11H16BrFN2O2S/c1-3-14-7-8(2)18(16,17)15-11-5-4-9(12)6-10(11)13/h4-6,8,14-15H,3,7H2,1-2H3. The third-order valence-corrected chi connectivity index (χ3v) is 4.62. The minimum Gasteiger partial charge on any atom is -0.316 e. The topological polar surface area (TPSA) is 58.2 Å². The molecule has 0 aliphatic rings. The van der Waals surface area contributed by atoms with Crippen molar-refractivity contribution in [1.29, 1.82) is 0 Å². The van der Waals surface area contributed by atoms with Gasteiger partial charge in [0.25, 0.3) is 0 Å². The highest BCUT2D eigenvalue weighted by molar-refractivity contribution is 9.10. The number of hydrogen-bond donors (Lipinski definition) is 2. The van der Waals surface area contributed by atoms with E-state index in [1.807, 2.05) is 6.92 Å². The van der Waals surface area contributed by atoms with E-state index in [9.17, 15) is 12.8 Å². The molecule has 1 aromatic rings. The molecule has 0 aromatic heterocycles. The lowest BCUT2D eigenvalue weighted by Gasteiger charge is -2.15. The summed E-state index contributed by atoms with van der Waals surface area (Å²) in [7, 11) is -3.59. The van der Waals surface area contributed by atoms with Crippen LogP contribution >= 0.6 is 15.9 Å². The summed E-state index contributed by atoms with van der Waals surface area (Å²) in [6.07, 6.45) is 0. The van der Waals surface area contributed by atoms with Crippen LogP contribution in [0.15, 0.2) is 22.7 Å². The van der Waals surface area contributed by atoms with Gasteiger partial charge < -0.3 is 5.32 Å². The molecule has 0 radical (unpaired) electrons. The first-order chi connectivity index (χ1) is 8.36. The van der Waals surface area contributed by atoms with Crippen LogP contribution in [-0.2, 0) is 10.0 Å². The van der Waals surface area contributed by atoms with Gasteiger partial charge >= 0.3 is 0 Å². The highest BCUT2D eigenvalue weighted by Crippen LogP contribution is 2.21. The first-order valence-corrected chi connectivity index (χ1v) is 7.88. The van der Waals surface area contributed by atoms with Crippen molar-refractivity contribution in [2.24, 2.45) is 0 Å². The summed E-state index contributed by atoms with van der Waals surface area (Å²) in [6.45, 7) is 4.47. The van der Waals surface area contributed by atoms with Gasteiger partial charge in [-0.2, -0.15) is 0 Å². The average Bonchev–Trinajstić information content (AvgIpc) is 2.29. The molecule has 2 N–H and O–H groups in total. The Balaban J connectivity index is 2.82. The number of rotatable bonds is 6. The summed E-state index contributed by atoms with van der Waals surface area (Å²) in [4.78, 5) is 0. The van der Waals surface area contributed by atoms with E-state index in [0.717, 1.165) is 0 Å². The normalized spacial score (nSPS) is 13.3. The molecule has 1 rings (SSSR count). The molecule has 102 valence electrons. The van der Waals surface area contributed by atoms with Crippen molar-refractivity contribution in [2.45, 2.75) is 19.1 Å². The summed E-state index contributed by atoms with van der Waals surface area (Å²) in [5.41, 5.74) is -0.0402. The van der Waals surface area contributed by atoms with Crippen molar-refractivity contribution in [1.82, 2.24) is 5.32 Å². The molecular weight excluding hydrogens is 323 g/mol. The number of hydrogen-bond acceptors (Lipinski definition) is 3. The van der Waals surface area contributed by atoms with Crippen molar-refractivity contribution >= 4 is 31.6 Å². The highest BCUT2D eigenvalue weighted by Gasteiger charge is 2.21. The Kier molecular flexibility index (Phi) is 5.55. The van der Waals surface area contributed by atoms with Crippen molar-refractivity contribution in [3.63, 3.8) is 0 Å². The molecule has 0 amide bonds. The summed E-state index contributed by atoms with van der Waals surface area (Å²) in [6, 6.07) is 4.18. The first kappa shape index (κ1) is 15.4. The van der Waals surface area contributed by atoms with Gasteiger partial charge in [0, 0.05) is 11.0 Å². The smallest absolute Gasteiger partial charge is 0.236 e. The number of anilines is 1. The van der Waals surface area contributed by atoms with Crippen LogP contribution in [0.25, 0.3) is 0 Å². The molecule has 0 saturated carbocycles. The number of halogens is 2. The van der Waals surface area contributed by atoms with E-state index in [1.165, 1.54) is 12.1 Å². The Labute approximate surface area is 115 Å². The lowest BCUT2D eigenvalue weighted by molar-refractivity contribution is 0.578. The van der Waals surface area contributed by atoms with Gasteiger partial charge in [-0.15, -0.1) is 0 Å². The van der Waals surface area contributed by atoms with Crippen molar-refractivity contribution < 1.29 is 12.8 Å². The Bertz CT molecular complexity index is 508. The van der Waals surface area contributed by atoms with Crippen LogP contribution in [-0.4, -0.2) is 26.8 Å². The molecule has 0 fully saturated rings. The second-order valence-electron chi connectivity index (χ2n) is 3.89. The van der Waals surface area contributed by atoms with E-state index in [2.05, 4.69) is 26.0 Å². The third-order valence-electron chi connectivity index (χ3n) is 2.39. The molecule has 1 unspecified atom stereocenters. The molecule has 0 saturated heterocycles. The predicted molar refractivity (Wildman–Crippen MR) is 74.6 cm³/mol. The van der Waals surface area contributed by atoms with Crippen molar-refractivity contribution in [3.8, 4) is 0 Å². The fourth-order valence-corrected chi connectivity index (χ4v) is 2.63. The van der Waals surface area contributed by atoms with Gasteiger partial charge in [-0.25, -0.2) is 12.8 Å². The van der Waals surface area contributed by atoms with Gasteiger partial charge in [0.05, 0.1) is 10.9 Å². The van der Waals surface area contributed by atoms with Crippen LogP contribution in [0.2, 0.25) is 0 Å². The zero-order valence-electron chi connectivity index (χ0n) is 10.2. The minimum atomic E-state index is -3.59. The Morgan fingerprint density at radius 1 is 1.44 bits per heavy atom. The van der Waals surface area contributed by atoms with Crippen molar-refractivity contribution in [3.05, 3.63) is 28.5 Å². The van der Waals surface area contributed by atoms with E-state index in [-0.39, 0.29) is 5.69 Å². The Hall–Kier alpha value is -0.660. The maximum Gasteiger partial charge on any atom is 0.236 e. The maximum atomic E-state index is 13.5. The minimum absolute atomic E-state index is 0.0402. The molecule has 0 bridgehead atoms. The van der Waals surface area contributed by atoms with Gasteiger partial charge in [-0.1, -0.05) is 22.9 Å². The summed E-state index contributed by atoms with van der Waals surface area (Å²) >= 11 is 3.11. The molecule has 18 heavy (non-hydrogen) atoms. The van der Waals surface area contributed by atoms with Gasteiger partial charge in [0.1, 0.15) is 5.82 Å². The molecule has 0 aliphatic heterocycles. The number of sulfonamides is 1. The zero-order chi connectivity index (χ0) is 13.8. The lowest BCUT2D eigenvalue weighted by atomic mass is 10.3. The fourth-order valence-electron chi connectivity index (χ4n) is 1.28. The maximum absolute atomic E-state index is 13.5. The second-order valence-corrected chi connectivity index (χ2v) is 6.90. The lowest BCUT2D eigenvalue weighted by Crippen LogP contribution is -2.34. The third kappa shape index (κ3) is 4.22. The molecular formula is C11H16BrFN2O2S. The Morgan fingerprint density at radius 2 is 2.11 bits per heavy atom. The van der Waals surface area contributed by atoms with Crippen LogP contribution in [0.1, 0.15) is 13.8 Å². The molecule has 0 heterocycles. The average molecular weight is 339 g/mol. The molecule has 1 aromatic carbocycles. The van der Waals surface area contributed by atoms with Crippen LogP contribution in [0.5, 0.6) is 0 Å². The van der Waals surface area contributed by atoms with Crippen LogP contribution in [0, 0.1) is 5.82 Å². The quantitative estimate of drug-likeness (QED) is 0.836. The molecule has 0 spiro atoms. The van der Waals surface area contributed by atoms with Crippen LogP contribution < -0.4 is 10.0 Å². The van der Waals surface area contributed by atoms with Crippen LogP contribution in [0.4, 0.5) is 10.1 Å². The van der Waals surface area contributed by atoms with Gasteiger partial charge in [-0.05, 0) is 31.7 Å². The van der Waals surface area contributed by atoms with E-state index in [4.69, 9.17) is 0 Å². The molecule has 0 aliphatic carbocycles. The largest absolute Gasteiger partial charge is 0.316 e. The molecule has 7 heteroatoms. The van der Waals surface area contributed by atoms with Gasteiger partial charge in [0.2, 0.25) is 10.0 Å². The van der Waals surface area contributed by atoms with Crippen molar-refractivity contribution in [2.75, 3.05) is 17.8 Å². The van der Waals surface area contributed by atoms with Crippen LogP contribution in [0.3, 0.4) is 0 Å². The van der Waals surface area contributed by atoms with E-state index < -0.39 is 21.1 Å². The molecule has 4 nitrogen and oxygen atoms in total. The predicted octanol–water partition coefficient (Wildman–Crippen LogP) is 2.33. The van der Waals surface area contributed by atoms with Gasteiger partial charge in [-0.3, -0.25) is 4.72 Å². The first-order valence-electron chi connectivity index (χ1n) is 5.54. The van der Waals surface area contributed by atoms with E-state index >= 15 is 0 Å². The Morgan fingerprint density at radius 3 is 2.67 bits per heavy atom.